The van der Waals surface area contributed by atoms with Crippen LogP contribution >= 0.6 is 23.2 Å². The molecule has 0 spiro atoms. The summed E-state index contributed by atoms with van der Waals surface area (Å²) in [4.78, 5) is 4.72. The van der Waals surface area contributed by atoms with E-state index in [1.807, 2.05) is 12.1 Å². The Hall–Kier alpha value is -0.730. The van der Waals surface area contributed by atoms with Crippen molar-refractivity contribution in [3.63, 3.8) is 0 Å². The van der Waals surface area contributed by atoms with E-state index in [0.29, 0.717) is 11.9 Å². The Bertz CT molecular complexity index is 591. The average Bonchev–Trinajstić information content (AvgIpc) is 2.94. The molecule has 2 nitrogen and oxygen atoms in total. The number of halogens is 2. The molecule has 1 aliphatic rings. The van der Waals surface area contributed by atoms with Gasteiger partial charge in [-0.15, -0.1) is 11.6 Å². The summed E-state index contributed by atoms with van der Waals surface area (Å²) in [5.74, 6) is 2.48. The first-order valence-electron chi connectivity index (χ1n) is 6.92. The van der Waals surface area contributed by atoms with Crippen LogP contribution < -0.4 is 0 Å². The van der Waals surface area contributed by atoms with Crippen molar-refractivity contribution >= 4 is 34.2 Å². The van der Waals surface area contributed by atoms with E-state index in [9.17, 15) is 0 Å². The van der Waals surface area contributed by atoms with Gasteiger partial charge in [0.2, 0.25) is 0 Å². The van der Waals surface area contributed by atoms with E-state index in [4.69, 9.17) is 28.2 Å². The lowest BCUT2D eigenvalue weighted by atomic mass is 10.1. The van der Waals surface area contributed by atoms with Gasteiger partial charge in [0.25, 0.3) is 0 Å². The predicted octanol–water partition coefficient (Wildman–Crippen LogP) is 4.83. The van der Waals surface area contributed by atoms with Gasteiger partial charge < -0.3 is 4.57 Å². The summed E-state index contributed by atoms with van der Waals surface area (Å²) in [7, 11) is 0. The van der Waals surface area contributed by atoms with E-state index < -0.39 is 0 Å². The molecule has 102 valence electrons. The van der Waals surface area contributed by atoms with Crippen LogP contribution in [-0.4, -0.2) is 15.4 Å². The highest BCUT2D eigenvalue weighted by atomic mass is 35.5. The highest BCUT2D eigenvalue weighted by Gasteiger charge is 2.26. The summed E-state index contributed by atoms with van der Waals surface area (Å²) in [5.41, 5.74) is 2.08. The molecule has 0 N–H and O–H groups in total. The molecule has 1 fully saturated rings. The Labute approximate surface area is 123 Å². The second-order valence-electron chi connectivity index (χ2n) is 5.52. The fraction of sp³-hybridized carbons (Fsp3) is 0.533. The van der Waals surface area contributed by atoms with Gasteiger partial charge in [-0.25, -0.2) is 4.98 Å². The van der Waals surface area contributed by atoms with Gasteiger partial charge in [-0.3, -0.25) is 0 Å². The first-order chi connectivity index (χ1) is 9.20. The Morgan fingerprint density at radius 3 is 2.89 bits per heavy atom. The number of rotatable bonds is 3. The zero-order chi connectivity index (χ0) is 13.4. The first-order valence-corrected chi connectivity index (χ1v) is 7.83. The number of aryl methyl sites for hydroxylation is 1. The Kier molecular flexibility index (Phi) is 3.72. The van der Waals surface area contributed by atoms with Crippen LogP contribution in [0.25, 0.3) is 11.0 Å². The SMILES string of the molecule is CC1CCC(n2c(CCCl)nc3c(Cl)cccc32)C1. The average molecular weight is 297 g/mol. The lowest BCUT2D eigenvalue weighted by Gasteiger charge is -2.16. The zero-order valence-corrected chi connectivity index (χ0v) is 12.6. The summed E-state index contributed by atoms with van der Waals surface area (Å²) in [6.07, 6.45) is 4.56. The molecule has 0 bridgehead atoms. The van der Waals surface area contributed by atoms with Crippen LogP contribution in [0.4, 0.5) is 0 Å². The smallest absolute Gasteiger partial charge is 0.111 e. The van der Waals surface area contributed by atoms with Crippen molar-refractivity contribution < 1.29 is 0 Å². The molecule has 4 heteroatoms. The molecule has 2 aromatic rings. The minimum atomic E-state index is 0.552. The predicted molar refractivity (Wildman–Crippen MR) is 81.2 cm³/mol. The summed E-state index contributed by atoms with van der Waals surface area (Å²) in [5, 5.41) is 0.734. The van der Waals surface area contributed by atoms with Gasteiger partial charge in [-0.05, 0) is 37.3 Å². The van der Waals surface area contributed by atoms with Crippen molar-refractivity contribution in [3.8, 4) is 0 Å². The molecule has 1 aliphatic carbocycles. The van der Waals surface area contributed by atoms with Crippen LogP contribution in [0.3, 0.4) is 0 Å². The number of para-hydroxylation sites is 1. The molecule has 2 atom stereocenters. The summed E-state index contributed by atoms with van der Waals surface area (Å²) < 4.78 is 2.38. The number of benzene rings is 1. The van der Waals surface area contributed by atoms with Gasteiger partial charge in [0.15, 0.2) is 0 Å². The monoisotopic (exact) mass is 296 g/mol. The summed E-state index contributed by atoms with van der Waals surface area (Å²) in [6.45, 7) is 2.33. The highest BCUT2D eigenvalue weighted by Crippen LogP contribution is 2.38. The lowest BCUT2D eigenvalue weighted by molar-refractivity contribution is 0.490. The normalized spacial score (nSPS) is 23.3. The van der Waals surface area contributed by atoms with Crippen LogP contribution in [0.15, 0.2) is 18.2 Å². The van der Waals surface area contributed by atoms with Crippen LogP contribution in [0.1, 0.15) is 38.1 Å². The second-order valence-corrected chi connectivity index (χ2v) is 6.30. The summed E-state index contributed by atoms with van der Waals surface area (Å²) in [6, 6.07) is 6.58. The van der Waals surface area contributed by atoms with Crippen LogP contribution in [0.5, 0.6) is 0 Å². The fourth-order valence-corrected chi connectivity index (χ4v) is 3.59. The molecular formula is C15H18Cl2N2. The van der Waals surface area contributed by atoms with Crippen LogP contribution in [-0.2, 0) is 6.42 Å². The van der Waals surface area contributed by atoms with E-state index in [1.54, 1.807) is 0 Å². The van der Waals surface area contributed by atoms with Crippen molar-refractivity contribution in [2.24, 2.45) is 5.92 Å². The number of hydrogen-bond donors (Lipinski definition) is 0. The maximum absolute atomic E-state index is 6.27. The molecule has 3 rings (SSSR count). The largest absolute Gasteiger partial charge is 0.325 e. The molecule has 1 saturated carbocycles. The Morgan fingerprint density at radius 2 is 2.21 bits per heavy atom. The number of hydrogen-bond acceptors (Lipinski definition) is 1. The number of fused-ring (bicyclic) bond motifs is 1. The quantitative estimate of drug-likeness (QED) is 0.742. The van der Waals surface area contributed by atoms with E-state index in [-0.39, 0.29) is 0 Å². The molecule has 0 saturated heterocycles. The van der Waals surface area contributed by atoms with Gasteiger partial charge in [0, 0.05) is 18.3 Å². The number of aromatic nitrogens is 2. The molecule has 19 heavy (non-hydrogen) atoms. The van der Waals surface area contributed by atoms with E-state index in [0.717, 1.165) is 34.2 Å². The zero-order valence-electron chi connectivity index (χ0n) is 11.1. The number of nitrogens with zero attached hydrogens (tertiary/aromatic N) is 2. The maximum atomic E-state index is 6.27. The Balaban J connectivity index is 2.14. The minimum absolute atomic E-state index is 0.552. The number of alkyl halides is 1. The first kappa shape index (κ1) is 13.3. The topological polar surface area (TPSA) is 17.8 Å². The highest BCUT2D eigenvalue weighted by molar-refractivity contribution is 6.34. The van der Waals surface area contributed by atoms with Gasteiger partial charge in [-0.1, -0.05) is 24.6 Å². The third-order valence-corrected chi connectivity index (χ3v) is 4.59. The molecule has 1 heterocycles. The van der Waals surface area contributed by atoms with Gasteiger partial charge in [0.05, 0.1) is 10.5 Å². The fourth-order valence-electron chi connectivity index (χ4n) is 3.21. The van der Waals surface area contributed by atoms with Crippen molar-refractivity contribution in [1.82, 2.24) is 9.55 Å². The molecule has 2 unspecified atom stereocenters. The van der Waals surface area contributed by atoms with E-state index in [1.165, 1.54) is 19.3 Å². The van der Waals surface area contributed by atoms with Gasteiger partial charge in [0.1, 0.15) is 11.3 Å². The molecule has 0 aliphatic heterocycles. The second kappa shape index (κ2) is 5.34. The maximum Gasteiger partial charge on any atom is 0.111 e. The third-order valence-electron chi connectivity index (χ3n) is 4.09. The van der Waals surface area contributed by atoms with E-state index >= 15 is 0 Å². The van der Waals surface area contributed by atoms with Crippen molar-refractivity contribution in [2.45, 2.75) is 38.6 Å². The van der Waals surface area contributed by atoms with Crippen LogP contribution in [0, 0.1) is 5.92 Å². The molecule has 0 amide bonds. The molecule has 0 radical (unpaired) electrons. The van der Waals surface area contributed by atoms with E-state index in [2.05, 4.69) is 17.6 Å². The van der Waals surface area contributed by atoms with Gasteiger partial charge in [-0.2, -0.15) is 0 Å². The van der Waals surface area contributed by atoms with Crippen molar-refractivity contribution in [1.29, 1.82) is 0 Å². The van der Waals surface area contributed by atoms with Crippen molar-refractivity contribution in [2.75, 3.05) is 5.88 Å². The standard InChI is InChI=1S/C15H18Cl2N2/c1-10-5-6-11(9-10)19-13-4-2-3-12(17)15(13)18-14(19)7-8-16/h2-4,10-11H,5-9H2,1H3. The summed E-state index contributed by atoms with van der Waals surface area (Å²) >= 11 is 12.2. The number of imidazole rings is 1. The molecular weight excluding hydrogens is 279 g/mol. The van der Waals surface area contributed by atoms with Gasteiger partial charge >= 0.3 is 0 Å². The minimum Gasteiger partial charge on any atom is -0.325 e. The lowest BCUT2D eigenvalue weighted by Crippen LogP contribution is -2.10. The third kappa shape index (κ3) is 2.36. The Morgan fingerprint density at radius 1 is 1.37 bits per heavy atom. The van der Waals surface area contributed by atoms with Crippen molar-refractivity contribution in [3.05, 3.63) is 29.0 Å². The van der Waals surface area contributed by atoms with Crippen LogP contribution in [0.2, 0.25) is 5.02 Å². The molecule has 1 aromatic heterocycles. The molecule has 1 aromatic carbocycles.